The topological polar surface area (TPSA) is 72.2 Å². The molecule has 5 nitrogen and oxygen atoms in total. The van der Waals surface area contributed by atoms with Crippen molar-refractivity contribution in [2.45, 2.75) is 58.3 Å². The second-order valence-electron chi connectivity index (χ2n) is 5.65. The Morgan fingerprint density at radius 2 is 1.74 bits per heavy atom. The summed E-state index contributed by atoms with van der Waals surface area (Å²) in [4.78, 5) is 22.2. The molecule has 1 aromatic rings. The van der Waals surface area contributed by atoms with Gasteiger partial charge in [0, 0.05) is 18.7 Å². The highest BCUT2D eigenvalue weighted by Crippen LogP contribution is 2.21. The number of carbonyl (C=O) groups is 1. The van der Waals surface area contributed by atoms with E-state index >= 15 is 0 Å². The van der Waals surface area contributed by atoms with Crippen LogP contribution in [0.3, 0.4) is 0 Å². The first kappa shape index (κ1) is 19.4. The van der Waals surface area contributed by atoms with Crippen LogP contribution in [-0.4, -0.2) is 17.4 Å². The Hall–Kier alpha value is -1.62. The van der Waals surface area contributed by atoms with Gasteiger partial charge in [0.1, 0.15) is 0 Å². The molecule has 1 N–H and O–H groups in total. The van der Waals surface area contributed by atoms with Crippen LogP contribution in [0.4, 0.5) is 5.69 Å². The maximum absolute atomic E-state index is 12.0. The Kier molecular flexibility index (Phi) is 9.29. The van der Waals surface area contributed by atoms with E-state index in [1.54, 1.807) is 0 Å². The van der Waals surface area contributed by atoms with Gasteiger partial charge in [-0.15, -0.1) is 0 Å². The second-order valence-corrected chi connectivity index (χ2v) is 6.06. The van der Waals surface area contributed by atoms with E-state index in [0.717, 1.165) is 12.8 Å². The monoisotopic (exact) mass is 340 g/mol. The molecule has 0 bridgehead atoms. The smallest absolute Gasteiger partial charge is 0.270 e. The SMILES string of the molecule is CCCCCCCCCCNC(=O)c1cc([N+](=O)[O-])ccc1Cl. The molecular weight excluding hydrogens is 316 g/mol. The standard InChI is InChI=1S/C17H25ClN2O3/c1-2-3-4-5-6-7-8-9-12-19-17(21)15-13-14(20(22)23)10-11-16(15)18/h10-11,13H,2-9,12H2,1H3,(H,19,21). The van der Waals surface area contributed by atoms with E-state index < -0.39 is 4.92 Å². The minimum Gasteiger partial charge on any atom is -0.352 e. The highest BCUT2D eigenvalue weighted by Gasteiger charge is 2.15. The molecule has 0 atom stereocenters. The fourth-order valence-electron chi connectivity index (χ4n) is 2.36. The van der Waals surface area contributed by atoms with Gasteiger partial charge < -0.3 is 5.32 Å². The molecule has 23 heavy (non-hydrogen) atoms. The molecule has 0 saturated heterocycles. The lowest BCUT2D eigenvalue weighted by atomic mass is 10.1. The molecule has 0 aliphatic carbocycles. The lowest BCUT2D eigenvalue weighted by Gasteiger charge is -2.07. The van der Waals surface area contributed by atoms with Crippen molar-refractivity contribution in [2.24, 2.45) is 0 Å². The van der Waals surface area contributed by atoms with Gasteiger partial charge in [0.15, 0.2) is 0 Å². The third-order valence-electron chi connectivity index (χ3n) is 3.72. The number of rotatable bonds is 11. The number of non-ortho nitro benzene ring substituents is 1. The number of halogens is 1. The van der Waals surface area contributed by atoms with Crippen LogP contribution in [-0.2, 0) is 0 Å². The molecule has 0 spiro atoms. The summed E-state index contributed by atoms with van der Waals surface area (Å²) in [7, 11) is 0. The minimum atomic E-state index is -0.536. The summed E-state index contributed by atoms with van der Waals surface area (Å²) < 4.78 is 0. The van der Waals surface area contributed by atoms with Gasteiger partial charge in [-0.3, -0.25) is 14.9 Å². The Morgan fingerprint density at radius 1 is 1.13 bits per heavy atom. The Balaban J connectivity index is 2.26. The second kappa shape index (κ2) is 11.0. The van der Waals surface area contributed by atoms with Crippen LogP contribution in [0, 0.1) is 10.1 Å². The van der Waals surface area contributed by atoms with Crippen LogP contribution in [0.1, 0.15) is 68.6 Å². The van der Waals surface area contributed by atoms with E-state index in [-0.39, 0.29) is 22.2 Å². The minimum absolute atomic E-state index is 0.133. The zero-order valence-electron chi connectivity index (χ0n) is 13.6. The lowest BCUT2D eigenvalue weighted by Crippen LogP contribution is -2.24. The summed E-state index contributed by atoms with van der Waals surface area (Å²) in [5, 5.41) is 13.7. The van der Waals surface area contributed by atoms with E-state index in [2.05, 4.69) is 12.2 Å². The van der Waals surface area contributed by atoms with E-state index in [0.29, 0.717) is 6.54 Å². The van der Waals surface area contributed by atoms with Crippen LogP contribution in [0.25, 0.3) is 0 Å². The first-order valence-electron chi connectivity index (χ1n) is 8.28. The van der Waals surface area contributed by atoms with Crippen LogP contribution in [0.5, 0.6) is 0 Å². The Labute approximate surface area is 142 Å². The van der Waals surface area contributed by atoms with Gasteiger partial charge in [-0.2, -0.15) is 0 Å². The number of nitrogens with zero attached hydrogens (tertiary/aromatic N) is 1. The average molecular weight is 341 g/mol. The normalized spacial score (nSPS) is 10.5. The predicted octanol–water partition coefficient (Wildman–Crippen LogP) is 5.12. The lowest BCUT2D eigenvalue weighted by molar-refractivity contribution is -0.384. The van der Waals surface area contributed by atoms with Crippen LogP contribution < -0.4 is 5.32 Å². The molecular formula is C17H25ClN2O3. The van der Waals surface area contributed by atoms with E-state index in [9.17, 15) is 14.9 Å². The number of benzene rings is 1. The van der Waals surface area contributed by atoms with Crippen molar-refractivity contribution in [3.63, 3.8) is 0 Å². The van der Waals surface area contributed by atoms with Crippen molar-refractivity contribution in [3.8, 4) is 0 Å². The average Bonchev–Trinajstić information content (AvgIpc) is 2.53. The van der Waals surface area contributed by atoms with E-state index in [1.165, 1.54) is 56.7 Å². The molecule has 0 heterocycles. The highest BCUT2D eigenvalue weighted by molar-refractivity contribution is 6.33. The molecule has 1 rings (SSSR count). The molecule has 0 saturated carbocycles. The molecule has 1 amide bonds. The van der Waals surface area contributed by atoms with E-state index in [4.69, 9.17) is 11.6 Å². The largest absolute Gasteiger partial charge is 0.352 e. The molecule has 1 aromatic carbocycles. The maximum Gasteiger partial charge on any atom is 0.270 e. The first-order valence-corrected chi connectivity index (χ1v) is 8.66. The molecule has 0 unspecified atom stereocenters. The molecule has 0 aliphatic heterocycles. The van der Waals surface area contributed by atoms with Crippen LogP contribution >= 0.6 is 11.6 Å². The number of nitro benzene ring substituents is 1. The number of unbranched alkanes of at least 4 members (excludes halogenated alkanes) is 7. The van der Waals surface area contributed by atoms with Crippen molar-refractivity contribution in [1.82, 2.24) is 5.32 Å². The summed E-state index contributed by atoms with van der Waals surface area (Å²) in [6.07, 6.45) is 9.55. The quantitative estimate of drug-likeness (QED) is 0.345. The zero-order chi connectivity index (χ0) is 17.1. The molecule has 128 valence electrons. The van der Waals surface area contributed by atoms with Crippen LogP contribution in [0.15, 0.2) is 18.2 Å². The number of carbonyl (C=O) groups excluding carboxylic acids is 1. The highest BCUT2D eigenvalue weighted by atomic mass is 35.5. The van der Waals surface area contributed by atoms with Crippen molar-refractivity contribution in [1.29, 1.82) is 0 Å². The molecule has 6 heteroatoms. The van der Waals surface area contributed by atoms with E-state index in [1.807, 2.05) is 0 Å². The zero-order valence-corrected chi connectivity index (χ0v) is 14.4. The van der Waals surface area contributed by atoms with Crippen molar-refractivity contribution in [3.05, 3.63) is 38.9 Å². The molecule has 0 aliphatic rings. The summed E-state index contributed by atoms with van der Waals surface area (Å²) in [5.41, 5.74) is 0.0204. The number of hydrogen-bond donors (Lipinski definition) is 1. The maximum atomic E-state index is 12.0. The third kappa shape index (κ3) is 7.46. The van der Waals surface area contributed by atoms with Gasteiger partial charge in [0.25, 0.3) is 11.6 Å². The van der Waals surface area contributed by atoms with Crippen LogP contribution in [0.2, 0.25) is 5.02 Å². The van der Waals surface area contributed by atoms with Gasteiger partial charge in [0.2, 0.25) is 0 Å². The van der Waals surface area contributed by atoms with Crippen molar-refractivity contribution >= 4 is 23.2 Å². The van der Waals surface area contributed by atoms with Gasteiger partial charge in [0.05, 0.1) is 15.5 Å². The predicted molar refractivity (Wildman–Crippen MR) is 93.0 cm³/mol. The Morgan fingerprint density at radius 3 is 2.35 bits per heavy atom. The summed E-state index contributed by atoms with van der Waals surface area (Å²) in [6, 6.07) is 3.88. The molecule has 0 fully saturated rings. The van der Waals surface area contributed by atoms with Crippen molar-refractivity contribution in [2.75, 3.05) is 6.54 Å². The summed E-state index contributed by atoms with van der Waals surface area (Å²) >= 11 is 5.94. The number of amides is 1. The number of nitro groups is 1. The summed E-state index contributed by atoms with van der Waals surface area (Å²) in [6.45, 7) is 2.77. The number of hydrogen-bond acceptors (Lipinski definition) is 3. The van der Waals surface area contributed by atoms with Gasteiger partial charge in [-0.25, -0.2) is 0 Å². The fraction of sp³-hybridized carbons (Fsp3) is 0.588. The molecule has 0 aromatic heterocycles. The third-order valence-corrected chi connectivity index (χ3v) is 4.05. The van der Waals surface area contributed by atoms with Gasteiger partial charge in [-0.1, -0.05) is 63.5 Å². The summed E-state index contributed by atoms with van der Waals surface area (Å²) in [5.74, 6) is -0.360. The van der Waals surface area contributed by atoms with Gasteiger partial charge >= 0.3 is 0 Å². The fourth-order valence-corrected chi connectivity index (χ4v) is 2.56. The van der Waals surface area contributed by atoms with Crippen molar-refractivity contribution < 1.29 is 9.72 Å². The first-order chi connectivity index (χ1) is 11.1. The number of nitrogens with one attached hydrogen (secondary N) is 1. The van der Waals surface area contributed by atoms with Gasteiger partial charge in [-0.05, 0) is 12.5 Å². The Bertz CT molecular complexity index is 521. The molecule has 0 radical (unpaired) electrons.